The Morgan fingerprint density at radius 3 is 2.66 bits per heavy atom. The second-order valence-corrected chi connectivity index (χ2v) is 7.66. The van der Waals surface area contributed by atoms with Gasteiger partial charge in [0.2, 0.25) is 10.3 Å². The van der Waals surface area contributed by atoms with Crippen molar-refractivity contribution in [2.24, 2.45) is 0 Å². The third-order valence-corrected chi connectivity index (χ3v) is 5.32. The molecule has 0 saturated carbocycles. The van der Waals surface area contributed by atoms with Gasteiger partial charge < -0.3 is 14.2 Å². The van der Waals surface area contributed by atoms with Crippen LogP contribution >= 0.6 is 23.3 Å². The van der Waals surface area contributed by atoms with E-state index in [1.54, 1.807) is 18.2 Å². The van der Waals surface area contributed by atoms with Crippen LogP contribution in [-0.4, -0.2) is 41.8 Å². The summed E-state index contributed by atoms with van der Waals surface area (Å²) in [5.74, 6) is 1.21. The summed E-state index contributed by atoms with van der Waals surface area (Å²) in [5.41, 5.74) is 0.543. The maximum Gasteiger partial charge on any atom is 0.268 e. The van der Waals surface area contributed by atoms with E-state index in [1.165, 1.54) is 24.9 Å². The lowest BCUT2D eigenvalue weighted by atomic mass is 10.1. The summed E-state index contributed by atoms with van der Waals surface area (Å²) < 4.78 is 20.8. The third-order valence-electron chi connectivity index (χ3n) is 4.03. The molecule has 0 aliphatic heterocycles. The van der Waals surface area contributed by atoms with Gasteiger partial charge in [-0.25, -0.2) is 0 Å². The van der Waals surface area contributed by atoms with Gasteiger partial charge in [0.05, 0.1) is 7.11 Å². The second-order valence-electron chi connectivity index (χ2n) is 6.13. The first kappa shape index (κ1) is 23.1. The Bertz CT molecular complexity index is 1130. The van der Waals surface area contributed by atoms with E-state index in [2.05, 4.69) is 14.7 Å². The molecule has 0 atom stereocenters. The zero-order valence-corrected chi connectivity index (χ0v) is 19.0. The van der Waals surface area contributed by atoms with Crippen LogP contribution in [0.3, 0.4) is 0 Å². The van der Waals surface area contributed by atoms with Crippen molar-refractivity contribution in [3.8, 4) is 23.3 Å². The number of nitrogens with zero attached hydrogens (tertiary/aromatic N) is 3. The van der Waals surface area contributed by atoms with E-state index in [0.717, 1.165) is 17.3 Å². The Balaban J connectivity index is 1.63. The molecule has 3 aromatic rings. The third kappa shape index (κ3) is 6.47. The van der Waals surface area contributed by atoms with Crippen LogP contribution in [-0.2, 0) is 4.79 Å². The lowest BCUT2D eigenvalue weighted by Gasteiger charge is -2.12. The SMILES string of the molecule is COc1cc(/C=C(/C#N)C(=O)Nc2nc(SC)ns2)ccc1OCCOc1ccccc1. The Labute approximate surface area is 194 Å². The highest BCUT2D eigenvalue weighted by Crippen LogP contribution is 2.29. The van der Waals surface area contributed by atoms with Crippen molar-refractivity contribution < 1.29 is 19.0 Å². The molecule has 0 aliphatic carbocycles. The number of para-hydroxylation sites is 1. The van der Waals surface area contributed by atoms with Gasteiger partial charge >= 0.3 is 0 Å². The van der Waals surface area contributed by atoms with Crippen LogP contribution in [0.2, 0.25) is 0 Å². The fourth-order valence-corrected chi connectivity index (χ4v) is 3.67. The summed E-state index contributed by atoms with van der Waals surface area (Å²) in [5, 5.41) is 12.9. The first-order chi connectivity index (χ1) is 15.6. The molecule has 10 heteroatoms. The van der Waals surface area contributed by atoms with E-state index in [9.17, 15) is 10.1 Å². The van der Waals surface area contributed by atoms with Gasteiger partial charge in [-0.15, -0.1) is 0 Å². The van der Waals surface area contributed by atoms with Crippen LogP contribution in [0.1, 0.15) is 5.56 Å². The maximum atomic E-state index is 12.4. The van der Waals surface area contributed by atoms with E-state index in [4.69, 9.17) is 14.2 Å². The molecular formula is C22H20N4O4S2. The van der Waals surface area contributed by atoms with E-state index < -0.39 is 5.91 Å². The number of anilines is 1. The van der Waals surface area contributed by atoms with Gasteiger partial charge in [-0.05, 0) is 42.2 Å². The maximum absolute atomic E-state index is 12.4. The number of rotatable bonds is 10. The van der Waals surface area contributed by atoms with Gasteiger partial charge in [0, 0.05) is 11.5 Å². The summed E-state index contributed by atoms with van der Waals surface area (Å²) in [4.78, 5) is 16.6. The van der Waals surface area contributed by atoms with Crippen molar-refractivity contribution in [1.82, 2.24) is 9.36 Å². The fraction of sp³-hybridized carbons (Fsp3) is 0.182. The monoisotopic (exact) mass is 468 g/mol. The van der Waals surface area contributed by atoms with E-state index in [1.807, 2.05) is 42.7 Å². The quantitative estimate of drug-likeness (QED) is 0.203. The minimum absolute atomic E-state index is 0.0714. The number of nitriles is 1. The average Bonchev–Trinajstić information content (AvgIpc) is 3.28. The number of thioether (sulfide) groups is 1. The number of aromatic nitrogens is 2. The van der Waals surface area contributed by atoms with Gasteiger partial charge in [0.1, 0.15) is 30.6 Å². The smallest absolute Gasteiger partial charge is 0.268 e. The Kier molecular flexibility index (Phi) is 8.48. The summed E-state index contributed by atoms with van der Waals surface area (Å²) in [6.45, 7) is 0.698. The molecule has 3 rings (SSSR count). The van der Waals surface area contributed by atoms with Crippen LogP contribution in [0.5, 0.6) is 17.2 Å². The molecule has 8 nitrogen and oxygen atoms in total. The van der Waals surface area contributed by atoms with Crippen LogP contribution in [0, 0.1) is 11.3 Å². The Hall–Kier alpha value is -3.55. The molecule has 0 fully saturated rings. The lowest BCUT2D eigenvalue weighted by Crippen LogP contribution is -2.13. The normalized spacial score (nSPS) is 10.8. The van der Waals surface area contributed by atoms with E-state index in [0.29, 0.717) is 40.6 Å². The van der Waals surface area contributed by atoms with Crippen molar-refractivity contribution in [2.45, 2.75) is 5.16 Å². The molecule has 1 aromatic heterocycles. The molecule has 1 N–H and O–H groups in total. The number of amides is 1. The van der Waals surface area contributed by atoms with Gasteiger partial charge in [0.25, 0.3) is 5.91 Å². The molecule has 0 bridgehead atoms. The predicted octanol–water partition coefficient (Wildman–Crippen LogP) is 4.27. The summed E-state index contributed by atoms with van der Waals surface area (Å²) in [7, 11) is 1.52. The van der Waals surface area contributed by atoms with Crippen LogP contribution in [0.4, 0.5) is 5.13 Å². The van der Waals surface area contributed by atoms with E-state index in [-0.39, 0.29) is 5.57 Å². The molecule has 2 aromatic carbocycles. The number of methoxy groups -OCH3 is 1. The van der Waals surface area contributed by atoms with Crippen LogP contribution < -0.4 is 19.5 Å². The van der Waals surface area contributed by atoms with Crippen molar-refractivity contribution in [3.05, 3.63) is 59.7 Å². The van der Waals surface area contributed by atoms with Gasteiger partial charge in [0.15, 0.2) is 11.5 Å². The second kappa shape index (κ2) is 11.7. The van der Waals surface area contributed by atoms with Gasteiger partial charge in [-0.1, -0.05) is 36.0 Å². The number of hydrogen-bond donors (Lipinski definition) is 1. The first-order valence-corrected chi connectivity index (χ1v) is 11.4. The molecule has 0 aliphatic rings. The summed E-state index contributed by atoms with van der Waals surface area (Å²) in [6.07, 6.45) is 3.31. The van der Waals surface area contributed by atoms with E-state index >= 15 is 0 Å². The number of nitrogens with one attached hydrogen (secondary N) is 1. The molecule has 0 saturated heterocycles. The van der Waals surface area contributed by atoms with Crippen molar-refractivity contribution in [2.75, 3.05) is 31.9 Å². The molecule has 0 spiro atoms. The van der Waals surface area contributed by atoms with Crippen molar-refractivity contribution in [1.29, 1.82) is 5.26 Å². The molecule has 1 amide bonds. The number of hydrogen-bond acceptors (Lipinski definition) is 9. The molecule has 164 valence electrons. The van der Waals surface area contributed by atoms with Crippen LogP contribution in [0.25, 0.3) is 6.08 Å². The topological polar surface area (TPSA) is 106 Å². The largest absolute Gasteiger partial charge is 0.493 e. The first-order valence-electron chi connectivity index (χ1n) is 9.42. The Morgan fingerprint density at radius 1 is 1.19 bits per heavy atom. The summed E-state index contributed by atoms with van der Waals surface area (Å²) >= 11 is 2.42. The Morgan fingerprint density at radius 2 is 1.97 bits per heavy atom. The number of carbonyl (C=O) groups excluding carboxylic acids is 1. The zero-order chi connectivity index (χ0) is 22.8. The standard InChI is InChI=1S/C22H20N4O4S2/c1-28-19-13-15(8-9-18(19)30-11-10-29-17-6-4-3-5-7-17)12-16(14-23)20(27)24-21-25-22(31-2)26-32-21/h3-9,12-13H,10-11H2,1-2H3,(H,24,25,26,27)/b16-12-. The highest BCUT2D eigenvalue weighted by molar-refractivity contribution is 7.98. The lowest BCUT2D eigenvalue weighted by molar-refractivity contribution is -0.112. The average molecular weight is 469 g/mol. The number of ether oxygens (including phenoxy) is 3. The fourth-order valence-electron chi connectivity index (χ4n) is 2.54. The minimum atomic E-state index is -0.561. The van der Waals surface area contributed by atoms with Crippen molar-refractivity contribution in [3.63, 3.8) is 0 Å². The zero-order valence-electron chi connectivity index (χ0n) is 17.4. The number of carbonyl (C=O) groups is 1. The van der Waals surface area contributed by atoms with Crippen molar-refractivity contribution >= 4 is 40.4 Å². The highest BCUT2D eigenvalue weighted by Gasteiger charge is 2.13. The minimum Gasteiger partial charge on any atom is -0.493 e. The van der Waals surface area contributed by atoms with Crippen LogP contribution in [0.15, 0.2) is 59.3 Å². The molecule has 0 unspecified atom stereocenters. The summed E-state index contributed by atoms with van der Waals surface area (Å²) in [6, 6.07) is 16.5. The van der Waals surface area contributed by atoms with Gasteiger partial charge in [-0.3, -0.25) is 10.1 Å². The number of benzene rings is 2. The molecule has 1 heterocycles. The molecule has 0 radical (unpaired) electrons. The predicted molar refractivity (Wildman–Crippen MR) is 124 cm³/mol. The van der Waals surface area contributed by atoms with Gasteiger partial charge in [-0.2, -0.15) is 14.6 Å². The molecule has 32 heavy (non-hydrogen) atoms. The highest BCUT2D eigenvalue weighted by atomic mass is 32.2. The molecular weight excluding hydrogens is 448 g/mol.